The summed E-state index contributed by atoms with van der Waals surface area (Å²) < 4.78 is 24.9. The van der Waals surface area contributed by atoms with E-state index in [0.29, 0.717) is 16.8 Å². The first-order valence-electron chi connectivity index (χ1n) is 8.97. The first-order valence-corrected chi connectivity index (χ1v) is 10.8. The van der Waals surface area contributed by atoms with Gasteiger partial charge in [-0.2, -0.15) is 0 Å². The lowest BCUT2D eigenvalue weighted by Crippen LogP contribution is -2.30. The Hall–Kier alpha value is -2.34. The third-order valence-corrected chi connectivity index (χ3v) is 6.09. The van der Waals surface area contributed by atoms with Crippen LogP contribution >= 0.6 is 0 Å². The average Bonchev–Trinajstić information content (AvgIpc) is 2.58. The highest BCUT2D eigenvalue weighted by Crippen LogP contribution is 2.26. The van der Waals surface area contributed by atoms with Crippen LogP contribution in [0.5, 0.6) is 0 Å². The van der Waals surface area contributed by atoms with E-state index in [9.17, 15) is 13.2 Å². The molecular weight excluding hydrogens is 360 g/mol. The van der Waals surface area contributed by atoms with E-state index in [1.54, 1.807) is 25.1 Å². The van der Waals surface area contributed by atoms with Crippen molar-refractivity contribution >= 4 is 21.6 Å². The van der Waals surface area contributed by atoms with Crippen LogP contribution in [0.4, 0.5) is 5.69 Å². The number of hydrogen-bond acceptors (Lipinski definition) is 3. The van der Waals surface area contributed by atoms with Crippen LogP contribution < -0.4 is 9.62 Å². The Bertz CT molecular complexity index is 952. The first-order chi connectivity index (χ1) is 12.6. The highest BCUT2D eigenvalue weighted by molar-refractivity contribution is 7.92. The molecule has 27 heavy (non-hydrogen) atoms. The van der Waals surface area contributed by atoms with Gasteiger partial charge in [0.2, 0.25) is 10.0 Å². The van der Waals surface area contributed by atoms with Crippen molar-refractivity contribution in [1.29, 1.82) is 0 Å². The molecular formula is C21H28N2O3S. The van der Waals surface area contributed by atoms with E-state index >= 15 is 0 Å². The average molecular weight is 389 g/mol. The fourth-order valence-electron chi connectivity index (χ4n) is 3.24. The molecule has 0 radical (unpaired) electrons. The summed E-state index contributed by atoms with van der Waals surface area (Å²) in [5, 5.41) is 3.10. The van der Waals surface area contributed by atoms with Crippen LogP contribution in [0.25, 0.3) is 0 Å². The van der Waals surface area contributed by atoms with Crippen molar-refractivity contribution in [2.75, 3.05) is 17.6 Å². The van der Waals surface area contributed by atoms with Gasteiger partial charge >= 0.3 is 0 Å². The number of amides is 1. The molecule has 0 bridgehead atoms. The second-order valence-electron chi connectivity index (χ2n) is 6.97. The summed E-state index contributed by atoms with van der Waals surface area (Å²) in [5.41, 5.74) is 5.04. The predicted molar refractivity (Wildman–Crippen MR) is 111 cm³/mol. The van der Waals surface area contributed by atoms with Crippen molar-refractivity contribution in [2.24, 2.45) is 0 Å². The Kier molecular flexibility index (Phi) is 6.31. The van der Waals surface area contributed by atoms with Crippen molar-refractivity contribution in [3.05, 3.63) is 64.2 Å². The highest BCUT2D eigenvalue weighted by Gasteiger charge is 2.21. The molecule has 0 spiro atoms. The number of nitrogens with zero attached hydrogens (tertiary/aromatic N) is 1. The van der Waals surface area contributed by atoms with Crippen LogP contribution in [0.1, 0.15) is 52.0 Å². The third kappa shape index (κ3) is 4.69. The maximum atomic E-state index is 12.9. The minimum atomic E-state index is -3.40. The van der Waals surface area contributed by atoms with Gasteiger partial charge in [-0.1, -0.05) is 36.8 Å². The Morgan fingerprint density at radius 2 is 1.81 bits per heavy atom. The Balaban J connectivity index is 2.34. The lowest BCUT2D eigenvalue weighted by Gasteiger charge is -2.23. The van der Waals surface area contributed by atoms with Crippen molar-refractivity contribution in [3.63, 3.8) is 0 Å². The molecule has 5 nitrogen and oxygen atoms in total. The molecule has 1 amide bonds. The SMILES string of the molecule is CCC(NC(=O)c1cccc(N(C)S(C)(=O)=O)c1C)c1ccc(C)cc1C. The van der Waals surface area contributed by atoms with E-state index in [2.05, 4.69) is 17.4 Å². The number of carbonyl (C=O) groups excluding carboxylic acids is 1. The second kappa shape index (κ2) is 8.13. The second-order valence-corrected chi connectivity index (χ2v) is 8.99. The van der Waals surface area contributed by atoms with Gasteiger partial charge in [0.25, 0.3) is 5.91 Å². The molecule has 0 fully saturated rings. The van der Waals surface area contributed by atoms with Crippen molar-refractivity contribution in [3.8, 4) is 0 Å². The van der Waals surface area contributed by atoms with Crippen LogP contribution in [0.3, 0.4) is 0 Å². The predicted octanol–water partition coefficient (Wildman–Crippen LogP) is 3.89. The molecule has 2 rings (SSSR count). The fourth-order valence-corrected chi connectivity index (χ4v) is 3.80. The van der Waals surface area contributed by atoms with Crippen LogP contribution in [0, 0.1) is 20.8 Å². The van der Waals surface area contributed by atoms with Crippen LogP contribution in [-0.2, 0) is 10.0 Å². The molecule has 0 aliphatic heterocycles. The van der Waals surface area contributed by atoms with Crippen molar-refractivity contribution < 1.29 is 13.2 Å². The van der Waals surface area contributed by atoms with Crippen LogP contribution in [-0.4, -0.2) is 27.6 Å². The minimum absolute atomic E-state index is 0.103. The van der Waals surface area contributed by atoms with Crippen molar-refractivity contribution in [2.45, 2.75) is 40.2 Å². The summed E-state index contributed by atoms with van der Waals surface area (Å²) in [5.74, 6) is -0.205. The standard InChI is InChI=1S/C21H28N2O3S/c1-7-19(17-12-11-14(2)13-15(17)3)22-21(24)18-9-8-10-20(16(18)4)23(5)27(6,25)26/h8-13,19H,7H2,1-6H3,(H,22,24). The van der Waals surface area contributed by atoms with Gasteiger partial charge < -0.3 is 5.32 Å². The molecule has 0 aliphatic carbocycles. The van der Waals surface area contributed by atoms with Gasteiger partial charge in [-0.05, 0) is 56.0 Å². The fraction of sp³-hybridized carbons (Fsp3) is 0.381. The normalized spacial score (nSPS) is 12.5. The summed E-state index contributed by atoms with van der Waals surface area (Å²) in [6, 6.07) is 11.2. The number of sulfonamides is 1. The van der Waals surface area contributed by atoms with Gasteiger partial charge in [0, 0.05) is 12.6 Å². The summed E-state index contributed by atoms with van der Waals surface area (Å²) in [7, 11) is -1.91. The lowest BCUT2D eigenvalue weighted by molar-refractivity contribution is 0.0935. The summed E-state index contributed by atoms with van der Waals surface area (Å²) in [6.07, 6.45) is 1.91. The summed E-state index contributed by atoms with van der Waals surface area (Å²) >= 11 is 0. The number of nitrogens with one attached hydrogen (secondary N) is 1. The van der Waals surface area contributed by atoms with E-state index in [-0.39, 0.29) is 11.9 Å². The number of anilines is 1. The maximum absolute atomic E-state index is 12.9. The Labute approximate surface area is 162 Å². The third-order valence-electron chi connectivity index (χ3n) is 4.90. The zero-order valence-electron chi connectivity index (χ0n) is 16.8. The largest absolute Gasteiger partial charge is 0.345 e. The van der Waals surface area contributed by atoms with Gasteiger partial charge in [-0.15, -0.1) is 0 Å². The zero-order valence-corrected chi connectivity index (χ0v) is 17.6. The molecule has 1 unspecified atom stereocenters. The quantitative estimate of drug-likeness (QED) is 0.816. The molecule has 6 heteroatoms. The molecule has 2 aromatic carbocycles. The molecule has 146 valence electrons. The molecule has 0 aromatic heterocycles. The summed E-state index contributed by atoms with van der Waals surface area (Å²) in [4.78, 5) is 12.9. The zero-order chi connectivity index (χ0) is 20.4. The number of rotatable bonds is 6. The molecule has 0 heterocycles. The van der Waals surface area contributed by atoms with Gasteiger partial charge in [0.1, 0.15) is 0 Å². The number of benzene rings is 2. The minimum Gasteiger partial charge on any atom is -0.345 e. The van der Waals surface area contributed by atoms with E-state index in [0.717, 1.165) is 23.8 Å². The smallest absolute Gasteiger partial charge is 0.252 e. The van der Waals surface area contributed by atoms with E-state index in [4.69, 9.17) is 0 Å². The van der Waals surface area contributed by atoms with Crippen LogP contribution in [0.2, 0.25) is 0 Å². The first kappa shape index (κ1) is 21.0. The van der Waals surface area contributed by atoms with Gasteiger partial charge in [0.15, 0.2) is 0 Å². The maximum Gasteiger partial charge on any atom is 0.252 e. The molecule has 0 saturated heterocycles. The van der Waals surface area contributed by atoms with E-state index in [1.807, 2.05) is 26.8 Å². The number of aryl methyl sites for hydroxylation is 2. The highest BCUT2D eigenvalue weighted by atomic mass is 32.2. The van der Waals surface area contributed by atoms with Crippen molar-refractivity contribution in [1.82, 2.24) is 5.32 Å². The molecule has 2 aromatic rings. The Morgan fingerprint density at radius 1 is 1.15 bits per heavy atom. The molecule has 0 aliphatic rings. The van der Waals surface area contributed by atoms with Gasteiger partial charge in [-0.25, -0.2) is 8.42 Å². The van der Waals surface area contributed by atoms with E-state index < -0.39 is 10.0 Å². The monoisotopic (exact) mass is 388 g/mol. The van der Waals surface area contributed by atoms with Crippen LogP contribution in [0.15, 0.2) is 36.4 Å². The Morgan fingerprint density at radius 3 is 2.37 bits per heavy atom. The molecule has 1 N–H and O–H groups in total. The summed E-state index contributed by atoms with van der Waals surface area (Å²) in [6.45, 7) is 7.89. The molecule has 1 atom stereocenters. The van der Waals surface area contributed by atoms with Gasteiger partial charge in [0.05, 0.1) is 18.0 Å². The number of carbonyl (C=O) groups is 1. The number of hydrogen-bond donors (Lipinski definition) is 1. The molecule has 0 saturated carbocycles. The van der Waals surface area contributed by atoms with Gasteiger partial charge in [-0.3, -0.25) is 9.10 Å². The topological polar surface area (TPSA) is 66.5 Å². The van der Waals surface area contributed by atoms with E-state index in [1.165, 1.54) is 16.9 Å². The lowest BCUT2D eigenvalue weighted by atomic mass is 9.97.